The minimum Gasteiger partial charge on any atom is -0.350 e. The zero-order chi connectivity index (χ0) is 16.3. The summed E-state index contributed by atoms with van der Waals surface area (Å²) in [7, 11) is 0. The van der Waals surface area contributed by atoms with Gasteiger partial charge in [-0.05, 0) is 26.8 Å². The van der Waals surface area contributed by atoms with Gasteiger partial charge in [0.15, 0.2) is 5.69 Å². The van der Waals surface area contributed by atoms with Gasteiger partial charge in [-0.25, -0.2) is 5.10 Å². The number of rotatable bonds is 3. The van der Waals surface area contributed by atoms with Gasteiger partial charge in [-0.3, -0.25) is 14.4 Å². The maximum Gasteiger partial charge on any atom is 0.272 e. The summed E-state index contributed by atoms with van der Waals surface area (Å²) >= 11 is 0. The molecule has 0 unspecified atom stereocenters. The molecule has 0 aliphatic heterocycles. The van der Waals surface area contributed by atoms with E-state index < -0.39 is 5.91 Å². The molecule has 0 aliphatic rings. The van der Waals surface area contributed by atoms with Crippen molar-refractivity contribution in [2.24, 2.45) is 0 Å². The summed E-state index contributed by atoms with van der Waals surface area (Å²) in [5, 5.41) is 12.1. The monoisotopic (exact) mass is 302 g/mol. The number of aromatic nitrogens is 2. The first-order chi connectivity index (χ1) is 10.3. The average Bonchev–Trinajstić information content (AvgIpc) is 2.44. The first kappa shape index (κ1) is 15.7. The highest BCUT2D eigenvalue weighted by Crippen LogP contribution is 2.11. The Morgan fingerprint density at radius 2 is 1.82 bits per heavy atom. The van der Waals surface area contributed by atoms with Crippen LogP contribution in [0.1, 0.15) is 31.3 Å². The lowest BCUT2D eigenvalue weighted by Crippen LogP contribution is -2.46. The standard InChI is InChI=1S/C15H18N4O3/c1-15(2,3)17-11(20)8-16-14(22)12-9-6-4-5-7-10(9)13(21)19-18-12/h4-7H,8H2,1-3H3,(H,16,22)(H,17,20)(H,19,21). The summed E-state index contributed by atoms with van der Waals surface area (Å²) in [6, 6.07) is 6.67. The fraction of sp³-hybridized carbons (Fsp3) is 0.333. The number of aromatic amines is 1. The van der Waals surface area contributed by atoms with Crippen LogP contribution < -0.4 is 16.2 Å². The number of hydrogen-bond donors (Lipinski definition) is 3. The van der Waals surface area contributed by atoms with Gasteiger partial charge >= 0.3 is 0 Å². The van der Waals surface area contributed by atoms with Crippen LogP contribution in [0.5, 0.6) is 0 Å². The van der Waals surface area contributed by atoms with E-state index in [1.807, 2.05) is 20.8 Å². The molecule has 1 aromatic carbocycles. The van der Waals surface area contributed by atoms with Gasteiger partial charge in [0.1, 0.15) is 0 Å². The second kappa shape index (κ2) is 5.97. The minimum absolute atomic E-state index is 0.0822. The molecular formula is C15H18N4O3. The number of nitrogens with zero attached hydrogens (tertiary/aromatic N) is 1. The van der Waals surface area contributed by atoms with Crippen molar-refractivity contribution >= 4 is 22.6 Å². The lowest BCUT2D eigenvalue weighted by molar-refractivity contribution is -0.121. The zero-order valence-electron chi connectivity index (χ0n) is 12.7. The fourth-order valence-electron chi connectivity index (χ4n) is 1.99. The van der Waals surface area contributed by atoms with Gasteiger partial charge in [-0.2, -0.15) is 5.10 Å². The van der Waals surface area contributed by atoms with Crippen LogP contribution in [-0.2, 0) is 4.79 Å². The molecule has 0 saturated carbocycles. The van der Waals surface area contributed by atoms with Crippen molar-refractivity contribution in [2.75, 3.05) is 6.54 Å². The van der Waals surface area contributed by atoms with Crippen molar-refractivity contribution in [1.82, 2.24) is 20.8 Å². The Labute approximate surface area is 127 Å². The summed E-state index contributed by atoms with van der Waals surface area (Å²) in [4.78, 5) is 35.5. The van der Waals surface area contributed by atoms with Crippen LogP contribution in [0, 0.1) is 0 Å². The molecular weight excluding hydrogens is 284 g/mol. The predicted molar refractivity (Wildman–Crippen MR) is 82.6 cm³/mol. The summed E-state index contributed by atoms with van der Waals surface area (Å²) in [5.41, 5.74) is -0.651. The molecule has 1 heterocycles. The van der Waals surface area contributed by atoms with E-state index in [2.05, 4.69) is 20.8 Å². The first-order valence-electron chi connectivity index (χ1n) is 6.84. The molecule has 0 saturated heterocycles. The number of amides is 2. The molecule has 116 valence electrons. The number of nitrogens with one attached hydrogen (secondary N) is 3. The lowest BCUT2D eigenvalue weighted by Gasteiger charge is -2.20. The molecule has 2 rings (SSSR count). The minimum atomic E-state index is -0.517. The summed E-state index contributed by atoms with van der Waals surface area (Å²) in [5.74, 6) is -0.814. The number of fused-ring (bicyclic) bond motifs is 1. The van der Waals surface area contributed by atoms with E-state index in [9.17, 15) is 14.4 Å². The molecule has 7 heteroatoms. The smallest absolute Gasteiger partial charge is 0.272 e. The van der Waals surface area contributed by atoms with Crippen molar-refractivity contribution in [3.8, 4) is 0 Å². The highest BCUT2D eigenvalue weighted by Gasteiger charge is 2.17. The third kappa shape index (κ3) is 3.69. The molecule has 0 aliphatic carbocycles. The molecule has 7 nitrogen and oxygen atoms in total. The molecule has 0 atom stereocenters. The summed E-state index contributed by atoms with van der Waals surface area (Å²) < 4.78 is 0. The van der Waals surface area contributed by atoms with Crippen LogP contribution in [-0.4, -0.2) is 34.1 Å². The van der Waals surface area contributed by atoms with E-state index in [-0.39, 0.29) is 29.2 Å². The molecule has 3 N–H and O–H groups in total. The van der Waals surface area contributed by atoms with Gasteiger partial charge in [0.25, 0.3) is 11.5 Å². The normalized spacial score (nSPS) is 11.2. The van der Waals surface area contributed by atoms with Crippen LogP contribution in [0.3, 0.4) is 0 Å². The van der Waals surface area contributed by atoms with Crippen molar-refractivity contribution in [3.05, 3.63) is 40.3 Å². The van der Waals surface area contributed by atoms with Crippen LogP contribution in [0.4, 0.5) is 0 Å². The number of hydrogen-bond acceptors (Lipinski definition) is 4. The van der Waals surface area contributed by atoms with Gasteiger partial charge in [-0.1, -0.05) is 18.2 Å². The third-order valence-electron chi connectivity index (χ3n) is 2.84. The number of benzene rings is 1. The van der Waals surface area contributed by atoms with Gasteiger partial charge in [0, 0.05) is 10.9 Å². The Kier molecular flexibility index (Phi) is 4.25. The molecule has 22 heavy (non-hydrogen) atoms. The zero-order valence-corrected chi connectivity index (χ0v) is 12.7. The predicted octanol–water partition coefficient (Wildman–Crippen LogP) is 0.568. The van der Waals surface area contributed by atoms with E-state index >= 15 is 0 Å². The van der Waals surface area contributed by atoms with Gasteiger partial charge in [0.2, 0.25) is 5.91 Å². The quantitative estimate of drug-likeness (QED) is 0.771. The van der Waals surface area contributed by atoms with Crippen LogP contribution in [0.25, 0.3) is 10.8 Å². The van der Waals surface area contributed by atoms with Crippen LogP contribution >= 0.6 is 0 Å². The number of carbonyl (C=O) groups is 2. The van der Waals surface area contributed by atoms with Crippen LogP contribution in [0.2, 0.25) is 0 Å². The highest BCUT2D eigenvalue weighted by molar-refractivity contribution is 6.05. The van der Waals surface area contributed by atoms with Crippen molar-refractivity contribution in [1.29, 1.82) is 0 Å². The Bertz CT molecular complexity index is 774. The van der Waals surface area contributed by atoms with Crippen LogP contribution in [0.15, 0.2) is 29.1 Å². The third-order valence-corrected chi connectivity index (χ3v) is 2.84. The van der Waals surface area contributed by atoms with Gasteiger partial charge in [0.05, 0.1) is 11.9 Å². The number of carbonyl (C=O) groups excluding carboxylic acids is 2. The van der Waals surface area contributed by atoms with E-state index in [0.29, 0.717) is 10.8 Å². The molecule has 2 amide bonds. The molecule has 0 bridgehead atoms. The Hall–Kier alpha value is -2.70. The molecule has 0 fully saturated rings. The Balaban J connectivity index is 2.16. The largest absolute Gasteiger partial charge is 0.350 e. The summed E-state index contributed by atoms with van der Waals surface area (Å²) in [6.07, 6.45) is 0. The van der Waals surface area contributed by atoms with Gasteiger partial charge < -0.3 is 10.6 Å². The average molecular weight is 302 g/mol. The first-order valence-corrected chi connectivity index (χ1v) is 6.84. The Morgan fingerprint density at radius 3 is 2.45 bits per heavy atom. The second-order valence-electron chi connectivity index (χ2n) is 5.93. The summed E-state index contributed by atoms with van der Waals surface area (Å²) in [6.45, 7) is 5.39. The van der Waals surface area contributed by atoms with Crippen molar-refractivity contribution in [2.45, 2.75) is 26.3 Å². The van der Waals surface area contributed by atoms with Crippen molar-refractivity contribution in [3.63, 3.8) is 0 Å². The van der Waals surface area contributed by atoms with E-state index in [1.54, 1.807) is 24.3 Å². The molecule has 2 aromatic rings. The van der Waals surface area contributed by atoms with E-state index in [0.717, 1.165) is 0 Å². The maximum absolute atomic E-state index is 12.2. The lowest BCUT2D eigenvalue weighted by atomic mass is 10.1. The highest BCUT2D eigenvalue weighted by atomic mass is 16.2. The number of H-pyrrole nitrogens is 1. The molecule has 1 aromatic heterocycles. The molecule has 0 spiro atoms. The van der Waals surface area contributed by atoms with E-state index in [4.69, 9.17) is 0 Å². The van der Waals surface area contributed by atoms with E-state index in [1.165, 1.54) is 0 Å². The van der Waals surface area contributed by atoms with Gasteiger partial charge in [-0.15, -0.1) is 0 Å². The second-order valence-corrected chi connectivity index (χ2v) is 5.93. The topological polar surface area (TPSA) is 104 Å². The SMILES string of the molecule is CC(C)(C)NC(=O)CNC(=O)c1n[nH]c(=O)c2ccccc12. The van der Waals surface area contributed by atoms with Crippen molar-refractivity contribution < 1.29 is 9.59 Å². The maximum atomic E-state index is 12.2. The molecule has 0 radical (unpaired) electrons. The fourth-order valence-corrected chi connectivity index (χ4v) is 1.99. The Morgan fingerprint density at radius 1 is 1.18 bits per heavy atom.